The van der Waals surface area contributed by atoms with Crippen molar-refractivity contribution in [3.8, 4) is 0 Å². The lowest BCUT2D eigenvalue weighted by Crippen LogP contribution is -2.55. The fourth-order valence-electron chi connectivity index (χ4n) is 5.30. The summed E-state index contributed by atoms with van der Waals surface area (Å²) in [7, 11) is 0. The number of carbonyl (C=O) groups is 2. The molecule has 3 fully saturated rings. The van der Waals surface area contributed by atoms with Crippen molar-refractivity contribution >= 4 is 11.8 Å². The molecule has 0 N–H and O–H groups in total. The normalized spacial score (nSPS) is 27.2. The molecule has 3 saturated heterocycles. The van der Waals surface area contributed by atoms with Gasteiger partial charge in [-0.15, -0.1) is 0 Å². The number of aromatic nitrogens is 2. The lowest BCUT2D eigenvalue weighted by Gasteiger charge is -2.46. The molecular weight excluding hydrogens is 372 g/mol. The minimum absolute atomic E-state index is 0.0801. The molecule has 0 unspecified atom stereocenters. The molecule has 29 heavy (non-hydrogen) atoms. The number of piperidine rings is 1. The van der Waals surface area contributed by atoms with Crippen LogP contribution in [0.3, 0.4) is 0 Å². The number of amides is 2. The second kappa shape index (κ2) is 7.72. The van der Waals surface area contributed by atoms with Crippen LogP contribution < -0.4 is 0 Å². The number of hydrogen-bond donors (Lipinski definition) is 0. The highest BCUT2D eigenvalue weighted by Gasteiger charge is 2.48. The number of hydrogen-bond acceptors (Lipinski definition) is 5. The van der Waals surface area contributed by atoms with Gasteiger partial charge in [0.2, 0.25) is 5.91 Å². The molecule has 0 aliphatic carbocycles. The Morgan fingerprint density at radius 1 is 1.00 bits per heavy atom. The van der Waals surface area contributed by atoms with Gasteiger partial charge in [0.25, 0.3) is 5.91 Å². The van der Waals surface area contributed by atoms with Gasteiger partial charge >= 0.3 is 0 Å². The van der Waals surface area contributed by atoms with E-state index in [1.54, 1.807) is 6.20 Å². The molecule has 2 amide bonds. The van der Waals surface area contributed by atoms with Crippen LogP contribution in [0, 0.1) is 5.92 Å². The van der Waals surface area contributed by atoms with Crippen molar-refractivity contribution in [3.63, 3.8) is 0 Å². The topological polar surface area (TPSA) is 76.9 Å². The number of nitrogens with zero attached hydrogens (tertiary/aromatic N) is 4. The summed E-state index contributed by atoms with van der Waals surface area (Å²) in [6.07, 6.45) is 8.42. The van der Waals surface area contributed by atoms with Crippen molar-refractivity contribution in [2.75, 3.05) is 39.4 Å². The lowest BCUT2D eigenvalue weighted by molar-refractivity contribution is -0.183. The van der Waals surface area contributed by atoms with E-state index in [-0.39, 0.29) is 17.7 Å². The molecule has 8 nitrogen and oxygen atoms in total. The monoisotopic (exact) mass is 402 g/mol. The Morgan fingerprint density at radius 2 is 1.69 bits per heavy atom. The summed E-state index contributed by atoms with van der Waals surface area (Å²) < 4.78 is 14.0. The molecule has 0 bridgehead atoms. The van der Waals surface area contributed by atoms with Crippen LogP contribution in [0.5, 0.6) is 0 Å². The first-order valence-corrected chi connectivity index (χ1v) is 11.0. The average Bonchev–Trinajstić information content (AvgIpc) is 3.46. The second-order valence-electron chi connectivity index (χ2n) is 8.75. The molecule has 4 aliphatic heterocycles. The zero-order chi connectivity index (χ0) is 19.8. The highest BCUT2D eigenvalue weighted by atomic mass is 16.5. The van der Waals surface area contributed by atoms with E-state index in [4.69, 9.17) is 9.47 Å². The van der Waals surface area contributed by atoms with Crippen LogP contribution in [0.25, 0.3) is 0 Å². The maximum atomic E-state index is 13.0. The number of imidazole rings is 1. The quantitative estimate of drug-likeness (QED) is 0.742. The SMILES string of the molecule is O=C(C1CCOCC1)N1CCC2(CC1)O[C@H](C(=O)N1CCCC1)Cn1ccnc12. The molecule has 1 aromatic heterocycles. The highest BCUT2D eigenvalue weighted by Crippen LogP contribution is 2.41. The molecule has 1 spiro atoms. The van der Waals surface area contributed by atoms with Crippen LogP contribution in [-0.2, 0) is 31.2 Å². The third-order valence-corrected chi connectivity index (χ3v) is 7.00. The third-order valence-electron chi connectivity index (χ3n) is 7.00. The average molecular weight is 402 g/mol. The summed E-state index contributed by atoms with van der Waals surface area (Å²) in [5, 5.41) is 0. The zero-order valence-corrected chi connectivity index (χ0v) is 16.9. The number of fused-ring (bicyclic) bond motifs is 2. The Bertz CT molecular complexity index is 758. The molecule has 1 aromatic rings. The van der Waals surface area contributed by atoms with E-state index in [0.29, 0.717) is 45.7 Å². The van der Waals surface area contributed by atoms with Gasteiger partial charge in [-0.2, -0.15) is 0 Å². The van der Waals surface area contributed by atoms with Gasteiger partial charge in [0.15, 0.2) is 6.10 Å². The molecule has 0 radical (unpaired) electrons. The van der Waals surface area contributed by atoms with Gasteiger partial charge in [0, 0.05) is 70.5 Å². The summed E-state index contributed by atoms with van der Waals surface area (Å²) in [5.41, 5.74) is -0.575. The molecule has 5 heterocycles. The molecule has 8 heteroatoms. The first-order valence-electron chi connectivity index (χ1n) is 11.0. The minimum Gasteiger partial charge on any atom is -0.381 e. The Kier molecular flexibility index (Phi) is 5.07. The third kappa shape index (κ3) is 3.46. The number of carbonyl (C=O) groups excluding carboxylic acids is 2. The van der Waals surface area contributed by atoms with Gasteiger partial charge in [-0.25, -0.2) is 4.98 Å². The highest BCUT2D eigenvalue weighted by molar-refractivity contribution is 5.81. The van der Waals surface area contributed by atoms with Crippen molar-refractivity contribution in [2.45, 2.75) is 56.8 Å². The van der Waals surface area contributed by atoms with Gasteiger partial charge in [0.05, 0.1) is 6.54 Å². The lowest BCUT2D eigenvalue weighted by atomic mass is 9.87. The zero-order valence-electron chi connectivity index (χ0n) is 16.9. The van der Waals surface area contributed by atoms with Gasteiger partial charge in [0.1, 0.15) is 11.4 Å². The van der Waals surface area contributed by atoms with Crippen molar-refractivity contribution in [2.24, 2.45) is 5.92 Å². The maximum Gasteiger partial charge on any atom is 0.253 e. The van der Waals surface area contributed by atoms with Crippen LogP contribution in [0.2, 0.25) is 0 Å². The van der Waals surface area contributed by atoms with Gasteiger partial charge in [-0.1, -0.05) is 0 Å². The van der Waals surface area contributed by atoms with E-state index in [9.17, 15) is 9.59 Å². The Labute approximate surface area is 171 Å². The Hall–Kier alpha value is -1.93. The van der Waals surface area contributed by atoms with Gasteiger partial charge < -0.3 is 23.8 Å². The number of rotatable bonds is 2. The van der Waals surface area contributed by atoms with Gasteiger partial charge in [-0.3, -0.25) is 9.59 Å². The Balaban J connectivity index is 1.30. The number of likely N-dealkylation sites (tertiary alicyclic amines) is 2. The van der Waals surface area contributed by atoms with Crippen molar-refractivity contribution in [1.29, 1.82) is 0 Å². The summed E-state index contributed by atoms with van der Waals surface area (Å²) in [6, 6.07) is 0. The van der Waals surface area contributed by atoms with Crippen LogP contribution in [0.15, 0.2) is 12.4 Å². The fraction of sp³-hybridized carbons (Fsp3) is 0.762. The molecule has 0 aromatic carbocycles. The van der Waals surface area contributed by atoms with E-state index in [0.717, 1.165) is 44.6 Å². The summed E-state index contributed by atoms with van der Waals surface area (Å²) in [6.45, 7) is 4.83. The predicted molar refractivity (Wildman–Crippen MR) is 104 cm³/mol. The molecular formula is C21H30N4O4. The Morgan fingerprint density at radius 3 is 2.41 bits per heavy atom. The van der Waals surface area contributed by atoms with Crippen molar-refractivity contribution in [3.05, 3.63) is 18.2 Å². The molecule has 5 rings (SSSR count). The molecule has 1 atom stereocenters. The maximum absolute atomic E-state index is 13.0. The first-order chi connectivity index (χ1) is 14.2. The number of ether oxygens (including phenoxy) is 2. The summed E-state index contributed by atoms with van der Waals surface area (Å²) in [5.74, 6) is 1.33. The van der Waals surface area contributed by atoms with E-state index >= 15 is 0 Å². The first kappa shape index (κ1) is 19.1. The predicted octanol–water partition coefficient (Wildman–Crippen LogP) is 1.15. The van der Waals surface area contributed by atoms with Crippen molar-refractivity contribution in [1.82, 2.24) is 19.4 Å². The molecule has 4 aliphatic rings. The van der Waals surface area contributed by atoms with Crippen molar-refractivity contribution < 1.29 is 19.1 Å². The van der Waals surface area contributed by atoms with Gasteiger partial charge in [-0.05, 0) is 25.7 Å². The van der Waals surface area contributed by atoms with Crippen LogP contribution in [0.4, 0.5) is 0 Å². The fourth-order valence-corrected chi connectivity index (χ4v) is 5.30. The van der Waals surface area contributed by atoms with E-state index in [1.165, 1.54) is 0 Å². The van der Waals surface area contributed by atoms with E-state index < -0.39 is 11.7 Å². The molecule has 0 saturated carbocycles. The van der Waals surface area contributed by atoms with Crippen LogP contribution >= 0.6 is 0 Å². The van der Waals surface area contributed by atoms with Crippen LogP contribution in [0.1, 0.15) is 44.3 Å². The van der Waals surface area contributed by atoms with Crippen LogP contribution in [-0.4, -0.2) is 76.7 Å². The minimum atomic E-state index is -0.575. The standard InChI is InChI=1S/C21H30N4O4/c26-18(16-3-13-28-14-4-16)24-10-5-21(6-11-24)20-22-7-12-25(20)15-17(29-21)19(27)23-8-1-2-9-23/h7,12,16-17H,1-6,8-11,13-15H2/t17-/m0/s1. The second-order valence-corrected chi connectivity index (χ2v) is 8.75. The summed E-state index contributed by atoms with van der Waals surface area (Å²) in [4.78, 5) is 34.4. The smallest absolute Gasteiger partial charge is 0.253 e. The molecule has 158 valence electrons. The summed E-state index contributed by atoms with van der Waals surface area (Å²) >= 11 is 0. The van der Waals surface area contributed by atoms with E-state index in [2.05, 4.69) is 9.55 Å². The van der Waals surface area contributed by atoms with E-state index in [1.807, 2.05) is 16.0 Å². The largest absolute Gasteiger partial charge is 0.381 e.